The van der Waals surface area contributed by atoms with Gasteiger partial charge in [-0.1, -0.05) is 6.58 Å². The van der Waals surface area contributed by atoms with Crippen LogP contribution in [-0.4, -0.2) is 30.5 Å². The molecule has 0 unspecified atom stereocenters. The molecule has 106 valence electrons. The summed E-state index contributed by atoms with van der Waals surface area (Å²) in [5, 5.41) is 2.54. The number of anilines is 2. The fourth-order valence-electron chi connectivity index (χ4n) is 1.81. The molecule has 7 heteroatoms. The fraction of sp³-hybridized carbons (Fsp3) is 0.231. The van der Waals surface area contributed by atoms with Crippen LogP contribution in [0.3, 0.4) is 0 Å². The predicted molar refractivity (Wildman–Crippen MR) is 74.3 cm³/mol. The molecule has 1 aliphatic rings. The minimum absolute atomic E-state index is 0.137. The van der Waals surface area contributed by atoms with Gasteiger partial charge in [0.25, 0.3) is 6.43 Å². The van der Waals surface area contributed by atoms with Gasteiger partial charge in [-0.05, 0) is 24.3 Å². The molecule has 2 rings (SSSR count). The summed E-state index contributed by atoms with van der Waals surface area (Å²) in [5.41, 5.74) is 0.830. The highest BCUT2D eigenvalue weighted by molar-refractivity contribution is 8.00. The van der Waals surface area contributed by atoms with E-state index in [0.29, 0.717) is 11.4 Å². The summed E-state index contributed by atoms with van der Waals surface area (Å²) in [5.74, 6) is -0.631. The quantitative estimate of drug-likeness (QED) is 0.869. The number of hydrogen-bond donors (Lipinski definition) is 1. The normalized spacial score (nSPS) is 14.2. The van der Waals surface area contributed by atoms with Gasteiger partial charge in [-0.2, -0.15) is 0 Å². The number of rotatable bonds is 4. The maximum absolute atomic E-state index is 12.6. The van der Waals surface area contributed by atoms with Crippen molar-refractivity contribution in [3.63, 3.8) is 0 Å². The number of carbonyl (C=O) groups excluding carboxylic acids is 2. The number of benzene rings is 1. The smallest absolute Gasteiger partial charge is 0.256 e. The molecule has 0 saturated heterocycles. The van der Waals surface area contributed by atoms with Crippen LogP contribution >= 0.6 is 11.8 Å². The van der Waals surface area contributed by atoms with E-state index in [1.807, 2.05) is 0 Å². The highest BCUT2D eigenvalue weighted by Gasteiger charge is 2.27. The van der Waals surface area contributed by atoms with E-state index in [9.17, 15) is 18.4 Å². The van der Waals surface area contributed by atoms with E-state index < -0.39 is 18.9 Å². The minimum Gasteiger partial charge on any atom is -0.322 e. The lowest BCUT2D eigenvalue weighted by Gasteiger charge is -2.29. The van der Waals surface area contributed by atoms with Gasteiger partial charge in [-0.25, -0.2) is 8.78 Å². The number of hydrogen-bond acceptors (Lipinski definition) is 3. The van der Waals surface area contributed by atoms with Gasteiger partial charge in [-0.3, -0.25) is 9.59 Å². The van der Waals surface area contributed by atoms with Crippen LogP contribution in [0.2, 0.25) is 0 Å². The molecule has 0 bridgehead atoms. The average Bonchev–Trinajstić information content (AvgIpc) is 2.41. The lowest BCUT2D eigenvalue weighted by molar-refractivity contribution is -0.116. The topological polar surface area (TPSA) is 49.4 Å². The van der Waals surface area contributed by atoms with E-state index in [1.54, 1.807) is 12.1 Å². The number of nitrogens with zero attached hydrogens (tertiary/aromatic N) is 1. The first-order valence-corrected chi connectivity index (χ1v) is 6.78. The van der Waals surface area contributed by atoms with Gasteiger partial charge in [0.05, 0.1) is 18.0 Å². The summed E-state index contributed by atoms with van der Waals surface area (Å²) >= 11 is 1.29. The van der Waals surface area contributed by atoms with Crippen LogP contribution in [0.15, 0.2) is 35.7 Å². The molecule has 0 saturated carbocycles. The molecular formula is C13H12F2N2O2S. The third-order valence-electron chi connectivity index (χ3n) is 2.68. The van der Waals surface area contributed by atoms with E-state index >= 15 is 0 Å². The Bertz CT molecular complexity index is 563. The van der Waals surface area contributed by atoms with Crippen molar-refractivity contribution in [1.29, 1.82) is 0 Å². The van der Waals surface area contributed by atoms with Crippen LogP contribution in [0, 0.1) is 0 Å². The van der Waals surface area contributed by atoms with E-state index in [-0.39, 0.29) is 11.7 Å². The number of thioether (sulfide) groups is 1. The zero-order chi connectivity index (χ0) is 14.7. The third kappa shape index (κ3) is 3.16. The van der Waals surface area contributed by atoms with Gasteiger partial charge in [0.2, 0.25) is 11.8 Å². The van der Waals surface area contributed by atoms with Crippen molar-refractivity contribution in [1.82, 2.24) is 0 Å². The molecule has 0 aromatic heterocycles. The molecule has 0 atom stereocenters. The van der Waals surface area contributed by atoms with Gasteiger partial charge in [0.15, 0.2) is 0 Å². The van der Waals surface area contributed by atoms with Gasteiger partial charge < -0.3 is 10.2 Å². The van der Waals surface area contributed by atoms with Crippen LogP contribution in [0.25, 0.3) is 0 Å². The molecule has 1 aromatic rings. The van der Waals surface area contributed by atoms with Crippen molar-refractivity contribution in [2.45, 2.75) is 11.3 Å². The molecule has 1 N–H and O–H groups in total. The highest BCUT2D eigenvalue weighted by Crippen LogP contribution is 2.37. The molecule has 0 aliphatic carbocycles. The van der Waals surface area contributed by atoms with Gasteiger partial charge in [0.1, 0.15) is 0 Å². The summed E-state index contributed by atoms with van der Waals surface area (Å²) in [4.78, 5) is 24.8. The van der Waals surface area contributed by atoms with E-state index in [2.05, 4.69) is 11.9 Å². The van der Waals surface area contributed by atoms with Crippen LogP contribution in [0.1, 0.15) is 0 Å². The average molecular weight is 298 g/mol. The number of fused-ring (bicyclic) bond motifs is 1. The molecular weight excluding hydrogens is 286 g/mol. The lowest BCUT2D eigenvalue weighted by atomic mass is 10.2. The molecule has 0 radical (unpaired) electrons. The second kappa shape index (κ2) is 6.04. The number of carbonyl (C=O) groups is 2. The number of halogens is 2. The zero-order valence-corrected chi connectivity index (χ0v) is 11.3. The van der Waals surface area contributed by atoms with Crippen LogP contribution in [0.4, 0.5) is 20.2 Å². The van der Waals surface area contributed by atoms with Crippen molar-refractivity contribution in [2.75, 3.05) is 22.5 Å². The molecule has 0 spiro atoms. The Morgan fingerprint density at radius 2 is 2.30 bits per heavy atom. The summed E-state index contributed by atoms with van der Waals surface area (Å²) < 4.78 is 25.1. The number of nitrogens with one attached hydrogen (secondary N) is 1. The summed E-state index contributed by atoms with van der Waals surface area (Å²) in [6, 6.07) is 4.87. The van der Waals surface area contributed by atoms with Crippen molar-refractivity contribution >= 4 is 35.0 Å². The maximum Gasteiger partial charge on any atom is 0.256 e. The Morgan fingerprint density at radius 3 is 2.95 bits per heavy atom. The van der Waals surface area contributed by atoms with Crippen LogP contribution < -0.4 is 10.2 Å². The molecule has 2 amide bonds. The van der Waals surface area contributed by atoms with Gasteiger partial charge in [0, 0.05) is 10.6 Å². The van der Waals surface area contributed by atoms with Crippen molar-refractivity contribution < 1.29 is 18.4 Å². The van der Waals surface area contributed by atoms with E-state index in [4.69, 9.17) is 0 Å². The number of alkyl halides is 2. The summed E-state index contributed by atoms with van der Waals surface area (Å²) in [6.45, 7) is 2.68. The molecule has 1 aliphatic heterocycles. The first kappa shape index (κ1) is 14.5. The zero-order valence-electron chi connectivity index (χ0n) is 10.4. The minimum atomic E-state index is -2.61. The standard InChI is InChI=1S/C13H12F2N2O2S/c1-2-12(18)16-8-3-4-10-9(5-8)17(6-11(14)15)13(19)7-20-10/h2-5,11H,1,6-7H2,(H,16,18). The first-order chi connectivity index (χ1) is 9.51. The Labute approximate surface area is 118 Å². The molecule has 4 nitrogen and oxygen atoms in total. The Kier molecular flexibility index (Phi) is 4.39. The molecule has 20 heavy (non-hydrogen) atoms. The van der Waals surface area contributed by atoms with Crippen molar-refractivity contribution in [3.05, 3.63) is 30.9 Å². The lowest BCUT2D eigenvalue weighted by Crippen LogP contribution is -2.38. The highest BCUT2D eigenvalue weighted by atomic mass is 32.2. The van der Waals surface area contributed by atoms with Gasteiger partial charge in [-0.15, -0.1) is 11.8 Å². The van der Waals surface area contributed by atoms with Crippen LogP contribution in [0.5, 0.6) is 0 Å². The SMILES string of the molecule is C=CC(=O)Nc1ccc2c(c1)N(CC(F)F)C(=O)CS2. The van der Waals surface area contributed by atoms with Gasteiger partial charge >= 0.3 is 0 Å². The van der Waals surface area contributed by atoms with Crippen molar-refractivity contribution in [2.24, 2.45) is 0 Å². The Hall–Kier alpha value is -1.89. The Morgan fingerprint density at radius 1 is 1.55 bits per heavy atom. The monoisotopic (exact) mass is 298 g/mol. The van der Waals surface area contributed by atoms with E-state index in [0.717, 1.165) is 15.9 Å². The molecule has 1 aromatic carbocycles. The largest absolute Gasteiger partial charge is 0.322 e. The second-order valence-electron chi connectivity index (χ2n) is 4.06. The second-order valence-corrected chi connectivity index (χ2v) is 5.08. The fourth-order valence-corrected chi connectivity index (χ4v) is 2.73. The number of amides is 2. The van der Waals surface area contributed by atoms with Crippen molar-refractivity contribution in [3.8, 4) is 0 Å². The third-order valence-corrected chi connectivity index (χ3v) is 3.72. The van der Waals surface area contributed by atoms with Crippen LogP contribution in [-0.2, 0) is 9.59 Å². The van der Waals surface area contributed by atoms with E-state index in [1.165, 1.54) is 17.8 Å². The first-order valence-electron chi connectivity index (χ1n) is 5.80. The maximum atomic E-state index is 12.6. The molecule has 0 fully saturated rings. The summed E-state index contributed by atoms with van der Waals surface area (Å²) in [6.07, 6.45) is -1.50. The molecule has 1 heterocycles. The Balaban J connectivity index is 2.33. The summed E-state index contributed by atoms with van der Waals surface area (Å²) in [7, 11) is 0. The predicted octanol–water partition coefficient (Wildman–Crippen LogP) is 2.51.